The summed E-state index contributed by atoms with van der Waals surface area (Å²) in [4.78, 5) is 28.6. The van der Waals surface area contributed by atoms with Gasteiger partial charge in [0.15, 0.2) is 23.0 Å². The summed E-state index contributed by atoms with van der Waals surface area (Å²) in [5.74, 6) is 3.04. The summed E-state index contributed by atoms with van der Waals surface area (Å²) in [7, 11) is 4.23. The summed E-state index contributed by atoms with van der Waals surface area (Å²) in [6.07, 6.45) is 5.27. The summed E-state index contributed by atoms with van der Waals surface area (Å²) in [6.45, 7) is 11.1. The van der Waals surface area contributed by atoms with E-state index in [0.29, 0.717) is 18.6 Å². The number of nitrogens with zero attached hydrogens (tertiary/aromatic N) is 1. The third-order valence-corrected chi connectivity index (χ3v) is 13.6. The molecule has 4 aliphatic heterocycles. The fourth-order valence-corrected chi connectivity index (χ4v) is 9.32. The van der Waals surface area contributed by atoms with E-state index in [-0.39, 0.29) is 36.2 Å². The normalized spacial score (nSPS) is 20.5. The van der Waals surface area contributed by atoms with Crippen LogP contribution in [0.3, 0.4) is 0 Å². The third kappa shape index (κ3) is 7.49. The van der Waals surface area contributed by atoms with Crippen LogP contribution in [0.25, 0.3) is 0 Å². The van der Waals surface area contributed by atoms with Gasteiger partial charge in [-0.3, -0.25) is 9.59 Å². The Morgan fingerprint density at radius 2 is 1.08 bits per heavy atom. The topological polar surface area (TPSA) is 148 Å². The highest BCUT2D eigenvalue weighted by atomic mass is 16.7. The average molecular weight is 815 g/mol. The van der Waals surface area contributed by atoms with Gasteiger partial charge >= 0.3 is 0 Å². The smallest absolute Gasteiger partial charge is 0.235 e. The van der Waals surface area contributed by atoms with Crippen LogP contribution in [0.2, 0.25) is 0 Å². The van der Waals surface area contributed by atoms with Crippen molar-refractivity contribution in [1.82, 2.24) is 4.90 Å². The van der Waals surface area contributed by atoms with Crippen molar-refractivity contribution in [2.45, 2.75) is 89.1 Å². The molecule has 6 aliphatic rings. The Kier molecular flexibility index (Phi) is 9.94. The Morgan fingerprint density at radius 3 is 1.50 bits per heavy atom. The molecule has 2 fully saturated rings. The molecule has 2 aliphatic carbocycles. The van der Waals surface area contributed by atoms with E-state index >= 15 is 0 Å². The van der Waals surface area contributed by atoms with Crippen molar-refractivity contribution in [2.75, 3.05) is 62.0 Å². The molecule has 2 saturated carbocycles. The number of carbonyl (C=O) groups excluding carboxylic acids is 2. The van der Waals surface area contributed by atoms with Gasteiger partial charge in [-0.05, 0) is 153 Å². The van der Waals surface area contributed by atoms with Crippen molar-refractivity contribution in [3.8, 4) is 23.0 Å². The molecular formula is C48H58N6O6. The van der Waals surface area contributed by atoms with Gasteiger partial charge in [0.05, 0.1) is 10.8 Å². The van der Waals surface area contributed by atoms with E-state index in [4.69, 9.17) is 24.7 Å². The van der Waals surface area contributed by atoms with Crippen molar-refractivity contribution in [3.63, 3.8) is 0 Å². The van der Waals surface area contributed by atoms with E-state index in [1.165, 1.54) is 16.8 Å². The molecule has 60 heavy (non-hydrogen) atoms. The molecule has 10 rings (SSSR count). The number of hydrogen-bond donors (Lipinski definition) is 5. The number of fused-ring (bicyclic) bond motifs is 4. The minimum Gasteiger partial charge on any atom is -0.454 e. The number of anilines is 4. The van der Waals surface area contributed by atoms with Crippen LogP contribution in [-0.4, -0.2) is 69.6 Å². The van der Waals surface area contributed by atoms with E-state index in [1.54, 1.807) is 0 Å². The minimum atomic E-state index is -0.470. The van der Waals surface area contributed by atoms with Crippen LogP contribution in [0.1, 0.15) is 75.6 Å². The van der Waals surface area contributed by atoms with Crippen molar-refractivity contribution in [1.29, 1.82) is 0 Å². The highest BCUT2D eigenvalue weighted by molar-refractivity contribution is 6.02. The fourth-order valence-electron chi connectivity index (χ4n) is 9.32. The van der Waals surface area contributed by atoms with Crippen LogP contribution < -0.4 is 45.9 Å². The number of ether oxygens (including phenoxy) is 4. The quantitative estimate of drug-likeness (QED) is 0.104. The number of hydrogen-bond acceptors (Lipinski definition) is 10. The second kappa shape index (κ2) is 14.9. The van der Waals surface area contributed by atoms with Crippen LogP contribution in [0, 0.1) is 10.8 Å². The SMILES string of the molecule is CC(C)(CN)C1Cc2cc(NC(=O)C3(c4ccc5c(c4)OCO5)CC3)ccc2N1.CN(C)CC(C)(C)C1Cc2cc(NC(=O)C3(c4ccc5c(c4)OCO5)CC3)ccc2N1. The van der Waals surface area contributed by atoms with Crippen molar-refractivity contribution in [2.24, 2.45) is 16.6 Å². The lowest BCUT2D eigenvalue weighted by Crippen LogP contribution is -2.42. The first-order valence-electron chi connectivity index (χ1n) is 21.3. The number of nitrogens with one attached hydrogen (secondary N) is 4. The Morgan fingerprint density at radius 1 is 0.650 bits per heavy atom. The summed E-state index contributed by atoms with van der Waals surface area (Å²) in [5.41, 5.74) is 13.7. The fraction of sp³-hybridized carbons (Fsp3) is 0.458. The maximum Gasteiger partial charge on any atom is 0.235 e. The summed E-state index contributed by atoms with van der Waals surface area (Å²) in [5, 5.41) is 13.6. The number of rotatable bonds is 11. The van der Waals surface area contributed by atoms with Crippen molar-refractivity contribution >= 4 is 34.6 Å². The molecule has 2 atom stereocenters. The van der Waals surface area contributed by atoms with Gasteiger partial charge < -0.3 is 50.8 Å². The number of carbonyl (C=O) groups is 2. The molecule has 0 bridgehead atoms. The third-order valence-electron chi connectivity index (χ3n) is 13.6. The van der Waals surface area contributed by atoms with E-state index in [1.807, 2.05) is 48.5 Å². The average Bonchev–Trinajstić information content (AvgIpc) is 3.91. The second-order valence-corrected chi connectivity index (χ2v) is 19.2. The molecule has 4 aromatic rings. The lowest BCUT2D eigenvalue weighted by atomic mass is 9.82. The van der Waals surface area contributed by atoms with Gasteiger partial charge in [-0.15, -0.1) is 0 Å². The molecule has 6 N–H and O–H groups in total. The zero-order valence-corrected chi connectivity index (χ0v) is 35.6. The van der Waals surface area contributed by atoms with Crippen LogP contribution >= 0.6 is 0 Å². The zero-order chi connectivity index (χ0) is 42.0. The Labute approximate surface area is 352 Å². The van der Waals surface area contributed by atoms with Gasteiger partial charge in [0.1, 0.15) is 0 Å². The first kappa shape index (κ1) is 40.0. The van der Waals surface area contributed by atoms with Gasteiger partial charge in [-0.25, -0.2) is 0 Å². The van der Waals surface area contributed by atoms with Gasteiger partial charge in [0, 0.05) is 41.4 Å². The highest BCUT2D eigenvalue weighted by Crippen LogP contribution is 2.52. The largest absolute Gasteiger partial charge is 0.454 e. The van der Waals surface area contributed by atoms with E-state index in [0.717, 1.165) is 96.3 Å². The molecule has 12 nitrogen and oxygen atoms in total. The van der Waals surface area contributed by atoms with Crippen LogP contribution in [0.5, 0.6) is 23.0 Å². The summed E-state index contributed by atoms with van der Waals surface area (Å²) >= 11 is 0. The Bertz CT molecular complexity index is 2330. The number of benzene rings is 4. The molecule has 4 aromatic carbocycles. The Hall–Kier alpha value is -5.46. The molecule has 4 heterocycles. The van der Waals surface area contributed by atoms with Gasteiger partial charge in [-0.1, -0.05) is 39.8 Å². The maximum atomic E-state index is 13.2. The van der Waals surface area contributed by atoms with Crippen LogP contribution in [-0.2, 0) is 33.3 Å². The molecular weight excluding hydrogens is 757 g/mol. The molecule has 316 valence electrons. The standard InChI is InChI=1S/C25H31N3O3.C23H27N3O3/c1-24(2,14-28(3)4)22-12-16-11-18(6-7-19(16)27-22)26-23(29)25(9-10-25)17-5-8-20-21(13-17)31-15-30-20;1-22(2,12-24)20-10-14-9-16(4-5-17(14)26-20)25-21(27)23(7-8-23)15-3-6-18-19(11-15)29-13-28-18/h5-8,11,13,22,27H,9-10,12,14-15H2,1-4H3,(H,26,29);3-6,9,11,20,26H,7-8,10,12-13,24H2,1-2H3,(H,25,27). The predicted molar refractivity (Wildman–Crippen MR) is 234 cm³/mol. The first-order valence-corrected chi connectivity index (χ1v) is 21.3. The van der Waals surface area contributed by atoms with E-state index < -0.39 is 10.8 Å². The van der Waals surface area contributed by atoms with Crippen LogP contribution in [0.15, 0.2) is 72.8 Å². The molecule has 0 spiro atoms. The maximum absolute atomic E-state index is 13.2. The van der Waals surface area contributed by atoms with Gasteiger partial charge in [0.25, 0.3) is 0 Å². The zero-order valence-electron chi connectivity index (χ0n) is 35.6. The number of nitrogens with two attached hydrogens (primary N) is 1. The highest BCUT2D eigenvalue weighted by Gasteiger charge is 2.53. The lowest BCUT2D eigenvalue weighted by molar-refractivity contribution is -0.119. The van der Waals surface area contributed by atoms with E-state index in [2.05, 4.69) is 92.2 Å². The molecule has 0 radical (unpaired) electrons. The molecule has 0 aromatic heterocycles. The second-order valence-electron chi connectivity index (χ2n) is 19.2. The molecule has 0 saturated heterocycles. The number of amides is 2. The molecule has 2 amide bonds. The van der Waals surface area contributed by atoms with Crippen molar-refractivity contribution in [3.05, 3.63) is 95.1 Å². The molecule has 2 unspecified atom stereocenters. The van der Waals surface area contributed by atoms with E-state index in [9.17, 15) is 9.59 Å². The summed E-state index contributed by atoms with van der Waals surface area (Å²) < 4.78 is 21.8. The van der Waals surface area contributed by atoms with Gasteiger partial charge in [-0.2, -0.15) is 0 Å². The lowest BCUT2D eigenvalue weighted by Gasteiger charge is -2.34. The van der Waals surface area contributed by atoms with Crippen LogP contribution in [0.4, 0.5) is 22.7 Å². The molecule has 12 heteroatoms. The first-order chi connectivity index (χ1) is 28.7. The van der Waals surface area contributed by atoms with Crippen molar-refractivity contribution < 1.29 is 28.5 Å². The monoisotopic (exact) mass is 814 g/mol. The minimum absolute atomic E-state index is 0.0137. The van der Waals surface area contributed by atoms with Gasteiger partial charge in [0.2, 0.25) is 25.4 Å². The summed E-state index contributed by atoms with van der Waals surface area (Å²) in [6, 6.07) is 24.7. The predicted octanol–water partition coefficient (Wildman–Crippen LogP) is 7.42. The Balaban J connectivity index is 0.000000154.